The Morgan fingerprint density at radius 2 is 1.33 bits per heavy atom. The quantitative estimate of drug-likeness (QED) is 0.635. The van der Waals surface area contributed by atoms with Gasteiger partial charge in [-0.3, -0.25) is 0 Å². The molecular formula is C11H26O. The van der Waals surface area contributed by atoms with E-state index in [0.29, 0.717) is 0 Å². The third kappa shape index (κ3) is 8.06. The molecule has 0 aromatic carbocycles. The fourth-order valence-corrected chi connectivity index (χ4v) is 1.03. The molecule has 0 aliphatic rings. The smallest absolute Gasteiger partial charge is 0.0351 e. The first-order valence-electron chi connectivity index (χ1n) is 4.91. The van der Waals surface area contributed by atoms with Crippen molar-refractivity contribution in [2.24, 2.45) is 17.8 Å². The van der Waals surface area contributed by atoms with Crippen LogP contribution in [0.2, 0.25) is 0 Å². The van der Waals surface area contributed by atoms with Crippen molar-refractivity contribution in [2.75, 3.05) is 14.2 Å². The average molecular weight is 174 g/mol. The molecular weight excluding hydrogens is 148 g/mol. The summed E-state index contributed by atoms with van der Waals surface area (Å²) in [6.45, 7) is 11.6. The average Bonchev–Trinajstić information content (AvgIpc) is 2.03. The first-order chi connectivity index (χ1) is 5.51. The highest BCUT2D eigenvalue weighted by Crippen LogP contribution is 2.21. The lowest BCUT2D eigenvalue weighted by atomic mass is 9.85. The van der Waals surface area contributed by atoms with E-state index in [2.05, 4.69) is 39.4 Å². The van der Waals surface area contributed by atoms with Gasteiger partial charge < -0.3 is 4.74 Å². The lowest BCUT2D eigenvalue weighted by molar-refractivity contribution is 0.277. The standard InChI is InChI=1S/C9H20.C2H6O/c1-6-8(4)9(5)7(2)3;1-3-2/h7-9H,6H2,1-5H3;1-2H3. The van der Waals surface area contributed by atoms with Gasteiger partial charge in [-0.2, -0.15) is 0 Å². The van der Waals surface area contributed by atoms with Gasteiger partial charge in [-0.05, 0) is 17.8 Å². The summed E-state index contributed by atoms with van der Waals surface area (Å²) in [6.07, 6.45) is 1.32. The van der Waals surface area contributed by atoms with Crippen LogP contribution in [0.4, 0.5) is 0 Å². The van der Waals surface area contributed by atoms with Gasteiger partial charge in [-0.15, -0.1) is 0 Å². The molecule has 0 spiro atoms. The van der Waals surface area contributed by atoms with Crippen LogP contribution < -0.4 is 0 Å². The fraction of sp³-hybridized carbons (Fsp3) is 1.00. The van der Waals surface area contributed by atoms with Crippen molar-refractivity contribution in [3.8, 4) is 0 Å². The maximum Gasteiger partial charge on any atom is 0.0351 e. The van der Waals surface area contributed by atoms with Gasteiger partial charge in [0.25, 0.3) is 0 Å². The SMILES string of the molecule is CCC(C)C(C)C(C)C.COC. The minimum Gasteiger partial charge on any atom is -0.388 e. The van der Waals surface area contributed by atoms with Gasteiger partial charge in [0.05, 0.1) is 0 Å². The topological polar surface area (TPSA) is 9.23 Å². The minimum atomic E-state index is 0.847. The van der Waals surface area contributed by atoms with E-state index in [1.165, 1.54) is 6.42 Å². The van der Waals surface area contributed by atoms with Crippen LogP contribution in [0.3, 0.4) is 0 Å². The van der Waals surface area contributed by atoms with E-state index in [1.54, 1.807) is 14.2 Å². The molecule has 0 bridgehead atoms. The Morgan fingerprint density at radius 3 is 1.42 bits per heavy atom. The van der Waals surface area contributed by atoms with E-state index in [1.807, 2.05) is 0 Å². The summed E-state index contributed by atoms with van der Waals surface area (Å²) < 4.78 is 4.25. The summed E-state index contributed by atoms with van der Waals surface area (Å²) in [5, 5.41) is 0. The molecule has 0 saturated carbocycles. The molecule has 12 heavy (non-hydrogen) atoms. The van der Waals surface area contributed by atoms with Gasteiger partial charge in [-0.1, -0.05) is 41.0 Å². The highest BCUT2D eigenvalue weighted by atomic mass is 16.4. The fourth-order valence-electron chi connectivity index (χ4n) is 1.03. The van der Waals surface area contributed by atoms with E-state index >= 15 is 0 Å². The normalized spacial score (nSPS) is 15.0. The second-order valence-electron chi connectivity index (χ2n) is 3.90. The maximum absolute atomic E-state index is 4.25. The molecule has 0 radical (unpaired) electrons. The van der Waals surface area contributed by atoms with Crippen molar-refractivity contribution >= 4 is 0 Å². The molecule has 1 nitrogen and oxygen atoms in total. The summed E-state index contributed by atoms with van der Waals surface area (Å²) in [4.78, 5) is 0. The third-order valence-electron chi connectivity index (χ3n) is 2.59. The lowest BCUT2D eigenvalue weighted by Gasteiger charge is -2.21. The molecule has 2 atom stereocenters. The van der Waals surface area contributed by atoms with Crippen LogP contribution in [-0.2, 0) is 4.74 Å². The van der Waals surface area contributed by atoms with Crippen molar-refractivity contribution in [1.82, 2.24) is 0 Å². The molecule has 2 unspecified atom stereocenters. The Bertz CT molecular complexity index is 79.1. The van der Waals surface area contributed by atoms with Crippen LogP contribution in [-0.4, -0.2) is 14.2 Å². The van der Waals surface area contributed by atoms with Gasteiger partial charge in [0.2, 0.25) is 0 Å². The van der Waals surface area contributed by atoms with E-state index in [4.69, 9.17) is 0 Å². The number of hydrogen-bond donors (Lipinski definition) is 0. The molecule has 1 heteroatoms. The molecule has 0 rings (SSSR count). The predicted octanol–water partition coefficient (Wildman–Crippen LogP) is 3.59. The van der Waals surface area contributed by atoms with Crippen molar-refractivity contribution in [1.29, 1.82) is 0 Å². The van der Waals surface area contributed by atoms with Gasteiger partial charge in [-0.25, -0.2) is 0 Å². The number of rotatable bonds is 3. The Balaban J connectivity index is 0. The van der Waals surface area contributed by atoms with Gasteiger partial charge in [0, 0.05) is 14.2 Å². The molecule has 0 N–H and O–H groups in total. The van der Waals surface area contributed by atoms with Crippen molar-refractivity contribution in [2.45, 2.75) is 41.0 Å². The van der Waals surface area contributed by atoms with Crippen molar-refractivity contribution in [3.63, 3.8) is 0 Å². The highest BCUT2D eigenvalue weighted by Gasteiger charge is 2.12. The van der Waals surface area contributed by atoms with E-state index in [-0.39, 0.29) is 0 Å². The van der Waals surface area contributed by atoms with Crippen LogP contribution in [0.25, 0.3) is 0 Å². The summed E-state index contributed by atoms with van der Waals surface area (Å²) in [5.74, 6) is 2.62. The van der Waals surface area contributed by atoms with Crippen LogP contribution in [0, 0.1) is 17.8 Å². The van der Waals surface area contributed by atoms with E-state index in [9.17, 15) is 0 Å². The predicted molar refractivity (Wildman–Crippen MR) is 56.4 cm³/mol. The molecule has 0 heterocycles. The third-order valence-corrected chi connectivity index (χ3v) is 2.59. The molecule has 0 saturated heterocycles. The minimum absolute atomic E-state index is 0.847. The van der Waals surface area contributed by atoms with E-state index in [0.717, 1.165) is 17.8 Å². The Morgan fingerprint density at radius 1 is 1.00 bits per heavy atom. The Hall–Kier alpha value is -0.0400. The van der Waals surface area contributed by atoms with Gasteiger partial charge >= 0.3 is 0 Å². The van der Waals surface area contributed by atoms with Crippen LogP contribution >= 0.6 is 0 Å². The molecule has 0 aliphatic carbocycles. The second kappa shape index (κ2) is 9.05. The van der Waals surface area contributed by atoms with Crippen LogP contribution in [0.1, 0.15) is 41.0 Å². The number of methoxy groups -OCH3 is 1. The first-order valence-corrected chi connectivity index (χ1v) is 4.91. The van der Waals surface area contributed by atoms with Crippen molar-refractivity contribution < 1.29 is 4.74 Å². The molecule has 0 fully saturated rings. The monoisotopic (exact) mass is 174 g/mol. The number of hydrogen-bond acceptors (Lipinski definition) is 1. The largest absolute Gasteiger partial charge is 0.388 e. The Kier molecular flexibility index (Phi) is 10.9. The summed E-state index contributed by atoms with van der Waals surface area (Å²) in [6, 6.07) is 0. The Labute approximate surface area is 78.5 Å². The van der Waals surface area contributed by atoms with Crippen LogP contribution in [0.15, 0.2) is 0 Å². The van der Waals surface area contributed by atoms with Gasteiger partial charge in [0.15, 0.2) is 0 Å². The molecule has 0 aliphatic heterocycles. The maximum atomic E-state index is 4.25. The number of ether oxygens (including phenoxy) is 1. The summed E-state index contributed by atoms with van der Waals surface area (Å²) in [5.41, 5.74) is 0. The zero-order chi connectivity index (χ0) is 10.1. The van der Waals surface area contributed by atoms with E-state index < -0.39 is 0 Å². The summed E-state index contributed by atoms with van der Waals surface area (Å²) >= 11 is 0. The van der Waals surface area contributed by atoms with Crippen LogP contribution in [0.5, 0.6) is 0 Å². The zero-order valence-corrected chi connectivity index (χ0v) is 9.85. The first kappa shape index (κ1) is 14.5. The second-order valence-corrected chi connectivity index (χ2v) is 3.90. The van der Waals surface area contributed by atoms with Crippen molar-refractivity contribution in [3.05, 3.63) is 0 Å². The molecule has 76 valence electrons. The molecule has 0 aromatic rings. The molecule has 0 aromatic heterocycles. The highest BCUT2D eigenvalue weighted by molar-refractivity contribution is 4.62. The van der Waals surface area contributed by atoms with Gasteiger partial charge in [0.1, 0.15) is 0 Å². The molecule has 0 amide bonds. The summed E-state index contributed by atoms with van der Waals surface area (Å²) in [7, 11) is 3.25. The zero-order valence-electron chi connectivity index (χ0n) is 9.85. The lowest BCUT2D eigenvalue weighted by Crippen LogP contribution is -2.12.